The van der Waals surface area contributed by atoms with Gasteiger partial charge in [-0.3, -0.25) is 19.2 Å². The van der Waals surface area contributed by atoms with Crippen LogP contribution in [-0.2, 0) is 20.8 Å². The SMILES string of the molecule is NC(=O)C1=C(O)C2(O)C(=O)C3=C(O)c4c(O)ccc(-c5ccc(NC(=O)c6ccno6)cc5)c4CC3CC2CC1=O. The van der Waals surface area contributed by atoms with Crippen molar-refractivity contribution in [3.63, 3.8) is 0 Å². The number of aromatic hydroxyl groups is 1. The number of phenolic OH excluding ortho intramolecular Hbond substituents is 1. The molecule has 3 aliphatic rings. The summed E-state index contributed by atoms with van der Waals surface area (Å²) in [6.45, 7) is 0. The van der Waals surface area contributed by atoms with Crippen LogP contribution in [0.15, 0.2) is 70.1 Å². The first kappa shape index (κ1) is 26.0. The highest BCUT2D eigenvalue weighted by molar-refractivity contribution is 6.22. The molecule has 0 bridgehead atoms. The molecule has 2 amide bonds. The number of benzene rings is 2. The average molecular weight is 558 g/mol. The second-order valence-corrected chi connectivity index (χ2v) is 10.3. The molecule has 12 nitrogen and oxygen atoms in total. The number of hydrogen-bond acceptors (Lipinski definition) is 10. The minimum Gasteiger partial charge on any atom is -0.508 e. The van der Waals surface area contributed by atoms with Gasteiger partial charge in [-0.15, -0.1) is 0 Å². The molecule has 1 heterocycles. The fourth-order valence-corrected chi connectivity index (χ4v) is 6.15. The monoisotopic (exact) mass is 557 g/mol. The van der Waals surface area contributed by atoms with Crippen molar-refractivity contribution in [3.8, 4) is 16.9 Å². The van der Waals surface area contributed by atoms with Gasteiger partial charge < -0.3 is 36.0 Å². The number of anilines is 1. The maximum Gasteiger partial charge on any atom is 0.294 e. The Balaban J connectivity index is 1.39. The lowest BCUT2D eigenvalue weighted by molar-refractivity contribution is -0.147. The van der Waals surface area contributed by atoms with E-state index < -0.39 is 64.3 Å². The quantitative estimate of drug-likeness (QED) is 0.258. The van der Waals surface area contributed by atoms with Crippen LogP contribution < -0.4 is 11.1 Å². The van der Waals surface area contributed by atoms with Crippen LogP contribution >= 0.6 is 0 Å². The predicted molar refractivity (Wildman–Crippen MR) is 141 cm³/mol. The maximum absolute atomic E-state index is 13.6. The van der Waals surface area contributed by atoms with E-state index in [1.807, 2.05) is 0 Å². The van der Waals surface area contributed by atoms with Crippen LogP contribution in [0.25, 0.3) is 16.9 Å². The number of rotatable bonds is 4. The standard InChI is InChI=1S/C29H23N3O9/c30-27(38)23-19(34)11-14-9-13-10-17-16(12-1-3-15(4-2-12)32-28(39)20-7-8-31-41-20)5-6-18(33)22(17)24(35)21(13)25(36)29(14,40)26(23)37/h1-8,13-14,33,35,37,40H,9-11H2,(H2,30,38)(H,32,39). The van der Waals surface area contributed by atoms with Crippen molar-refractivity contribution in [3.05, 3.63) is 82.5 Å². The smallest absolute Gasteiger partial charge is 0.294 e. The largest absolute Gasteiger partial charge is 0.508 e. The Hall–Kier alpha value is -5.23. The number of aliphatic hydroxyl groups is 3. The first-order chi connectivity index (χ1) is 19.5. The zero-order chi connectivity index (χ0) is 29.2. The molecule has 6 rings (SSSR count). The van der Waals surface area contributed by atoms with Gasteiger partial charge in [0.1, 0.15) is 22.8 Å². The Kier molecular flexibility index (Phi) is 5.82. The molecule has 1 aromatic heterocycles. The number of phenols is 1. The minimum atomic E-state index is -2.62. The minimum absolute atomic E-state index is 0.00247. The van der Waals surface area contributed by atoms with Gasteiger partial charge in [0.2, 0.25) is 11.5 Å². The molecule has 208 valence electrons. The van der Waals surface area contributed by atoms with E-state index in [9.17, 15) is 39.6 Å². The first-order valence-electron chi connectivity index (χ1n) is 12.7. The van der Waals surface area contributed by atoms with E-state index in [0.29, 0.717) is 22.4 Å². The Morgan fingerprint density at radius 2 is 1.76 bits per heavy atom. The van der Waals surface area contributed by atoms with E-state index in [0.717, 1.165) is 0 Å². The molecule has 3 atom stereocenters. The molecule has 3 aliphatic carbocycles. The first-order valence-corrected chi connectivity index (χ1v) is 12.7. The van der Waals surface area contributed by atoms with Crippen LogP contribution in [0.4, 0.5) is 5.69 Å². The summed E-state index contributed by atoms with van der Waals surface area (Å²) in [6, 6.07) is 11.2. The van der Waals surface area contributed by atoms with Crippen molar-refractivity contribution in [2.45, 2.75) is 24.9 Å². The molecule has 0 aliphatic heterocycles. The normalized spacial score (nSPS) is 23.5. The third-order valence-corrected chi connectivity index (χ3v) is 8.06. The lowest BCUT2D eigenvalue weighted by atomic mass is 9.59. The van der Waals surface area contributed by atoms with Gasteiger partial charge in [0.25, 0.3) is 11.8 Å². The molecule has 3 aromatic rings. The number of amides is 2. The molecule has 0 saturated heterocycles. The van der Waals surface area contributed by atoms with Gasteiger partial charge in [0, 0.05) is 29.7 Å². The highest BCUT2D eigenvalue weighted by Gasteiger charge is 2.60. The highest BCUT2D eigenvalue weighted by Crippen LogP contribution is 2.53. The molecule has 7 N–H and O–H groups in total. The zero-order valence-corrected chi connectivity index (χ0v) is 21.2. The van der Waals surface area contributed by atoms with Gasteiger partial charge in [0.15, 0.2) is 11.4 Å². The number of Topliss-reactive ketones (excluding diaryl/α,β-unsaturated/α-hetero) is 2. The van der Waals surface area contributed by atoms with Crippen LogP contribution in [0.3, 0.4) is 0 Å². The van der Waals surface area contributed by atoms with Crippen LogP contribution in [0, 0.1) is 11.8 Å². The fraction of sp³-hybridized carbons (Fsp3) is 0.207. The fourth-order valence-electron chi connectivity index (χ4n) is 6.15. The molecule has 2 aromatic carbocycles. The van der Waals surface area contributed by atoms with Gasteiger partial charge in [-0.05, 0) is 53.6 Å². The number of aliphatic hydroxyl groups excluding tert-OH is 2. The molecular weight excluding hydrogens is 534 g/mol. The third kappa shape index (κ3) is 3.83. The van der Waals surface area contributed by atoms with Crippen LogP contribution in [0.5, 0.6) is 5.75 Å². The van der Waals surface area contributed by atoms with Crippen molar-refractivity contribution >= 4 is 34.8 Å². The number of aromatic nitrogens is 1. The van der Waals surface area contributed by atoms with Gasteiger partial charge in [-0.1, -0.05) is 23.4 Å². The van der Waals surface area contributed by atoms with E-state index in [-0.39, 0.29) is 35.5 Å². The highest BCUT2D eigenvalue weighted by atomic mass is 16.5. The Labute approximate surface area is 231 Å². The Morgan fingerprint density at radius 3 is 2.41 bits per heavy atom. The van der Waals surface area contributed by atoms with Gasteiger partial charge in [0.05, 0.1) is 11.8 Å². The van der Waals surface area contributed by atoms with Gasteiger partial charge in [-0.2, -0.15) is 0 Å². The summed E-state index contributed by atoms with van der Waals surface area (Å²) in [5.74, 6) is -7.23. The summed E-state index contributed by atoms with van der Waals surface area (Å²) >= 11 is 0. The summed E-state index contributed by atoms with van der Waals surface area (Å²) in [7, 11) is 0. The zero-order valence-electron chi connectivity index (χ0n) is 21.2. The van der Waals surface area contributed by atoms with E-state index in [1.165, 1.54) is 18.3 Å². The van der Waals surface area contributed by atoms with E-state index in [4.69, 9.17) is 10.3 Å². The number of ketones is 2. The second-order valence-electron chi connectivity index (χ2n) is 10.3. The number of hydrogen-bond donors (Lipinski definition) is 6. The van der Waals surface area contributed by atoms with Crippen molar-refractivity contribution in [2.24, 2.45) is 17.6 Å². The topological polar surface area (TPSA) is 213 Å². The van der Waals surface area contributed by atoms with Crippen molar-refractivity contribution in [2.75, 3.05) is 5.32 Å². The van der Waals surface area contributed by atoms with Gasteiger partial charge in [-0.25, -0.2) is 0 Å². The summed E-state index contributed by atoms with van der Waals surface area (Å²) in [4.78, 5) is 50.2. The van der Waals surface area contributed by atoms with Crippen LogP contribution in [0.1, 0.15) is 34.5 Å². The number of carbonyl (C=O) groups excluding carboxylic acids is 4. The molecule has 41 heavy (non-hydrogen) atoms. The Morgan fingerprint density at radius 1 is 1.02 bits per heavy atom. The predicted octanol–water partition coefficient (Wildman–Crippen LogP) is 2.33. The molecule has 3 unspecified atom stereocenters. The molecular formula is C29H23N3O9. The maximum atomic E-state index is 13.6. The lowest BCUT2D eigenvalue weighted by Gasteiger charge is -2.46. The summed E-state index contributed by atoms with van der Waals surface area (Å²) in [5.41, 5.74) is 3.90. The van der Waals surface area contributed by atoms with Crippen molar-refractivity contribution < 1.29 is 44.1 Å². The summed E-state index contributed by atoms with van der Waals surface area (Å²) < 4.78 is 4.85. The average Bonchev–Trinajstić information content (AvgIpc) is 3.47. The molecule has 1 saturated carbocycles. The van der Waals surface area contributed by atoms with Crippen LogP contribution in [0.2, 0.25) is 0 Å². The van der Waals surface area contributed by atoms with Crippen molar-refractivity contribution in [1.82, 2.24) is 5.16 Å². The number of nitrogens with zero attached hydrogens (tertiary/aromatic N) is 1. The number of nitrogens with two attached hydrogens (primary N) is 1. The number of carbonyl (C=O) groups is 4. The third-order valence-electron chi connectivity index (χ3n) is 8.06. The molecule has 0 radical (unpaired) electrons. The summed E-state index contributed by atoms with van der Waals surface area (Å²) in [5, 5.41) is 50.2. The van der Waals surface area contributed by atoms with Crippen LogP contribution in [-0.4, -0.2) is 54.6 Å². The van der Waals surface area contributed by atoms with Crippen molar-refractivity contribution in [1.29, 1.82) is 0 Å². The van der Waals surface area contributed by atoms with E-state index in [2.05, 4.69) is 10.5 Å². The van der Waals surface area contributed by atoms with E-state index >= 15 is 0 Å². The molecule has 12 heteroatoms. The molecule has 0 spiro atoms. The van der Waals surface area contributed by atoms with Gasteiger partial charge >= 0.3 is 0 Å². The molecule has 1 fully saturated rings. The number of nitrogens with one attached hydrogen (secondary N) is 1. The number of fused-ring (bicyclic) bond motifs is 3. The second kappa shape index (κ2) is 9.17. The van der Waals surface area contributed by atoms with E-state index in [1.54, 1.807) is 30.3 Å². The lowest BCUT2D eigenvalue weighted by Crippen LogP contribution is -2.58. The Bertz CT molecular complexity index is 1720. The summed E-state index contributed by atoms with van der Waals surface area (Å²) in [6.07, 6.45) is 1.16. The number of primary amides is 1.